The van der Waals surface area contributed by atoms with E-state index in [0.717, 1.165) is 32.0 Å². The summed E-state index contributed by atoms with van der Waals surface area (Å²) in [6, 6.07) is 9.04. The molecule has 2 saturated heterocycles. The molecule has 4 unspecified atom stereocenters. The number of fused-ring (bicyclic) bond motifs is 8. The normalized spacial score (nSPS) is 31.9. The first-order chi connectivity index (χ1) is 22.7. The summed E-state index contributed by atoms with van der Waals surface area (Å²) in [6.45, 7) is 13.0. The van der Waals surface area contributed by atoms with Crippen molar-refractivity contribution >= 4 is 39.6 Å². The van der Waals surface area contributed by atoms with E-state index in [0.29, 0.717) is 84.8 Å². The van der Waals surface area contributed by atoms with Crippen LogP contribution in [-0.4, -0.2) is 98.2 Å². The monoisotopic (exact) mass is 687 g/mol. The average Bonchev–Trinajstić information content (AvgIpc) is 3.61. The molecular weight excluding hydrogens is 643 g/mol. The highest BCUT2D eigenvalue weighted by molar-refractivity contribution is 7.89. The molecule has 10 nitrogen and oxygen atoms in total. The minimum absolute atomic E-state index is 0.200. The van der Waals surface area contributed by atoms with Gasteiger partial charge in [-0.2, -0.15) is 0 Å². The summed E-state index contributed by atoms with van der Waals surface area (Å²) in [5.74, 6) is -2.04. The highest BCUT2D eigenvalue weighted by Gasteiger charge is 2.78. The Bertz CT molecular complexity index is 1520. The molecule has 47 heavy (non-hydrogen) atoms. The predicted octanol–water partition coefficient (Wildman–Crippen LogP) is 3.92. The van der Waals surface area contributed by atoms with E-state index in [1.165, 1.54) is 4.90 Å². The van der Waals surface area contributed by atoms with Crippen molar-refractivity contribution in [2.45, 2.75) is 50.2 Å². The zero-order valence-electron chi connectivity index (χ0n) is 27.7. The Balaban J connectivity index is 1.34. The van der Waals surface area contributed by atoms with Crippen LogP contribution in [0.5, 0.6) is 0 Å². The first-order valence-corrected chi connectivity index (χ1v) is 18.3. The molecule has 2 fully saturated rings. The van der Waals surface area contributed by atoms with Crippen LogP contribution < -0.4 is 4.90 Å². The number of imide groups is 1. The van der Waals surface area contributed by atoms with E-state index in [1.807, 2.05) is 32.0 Å². The number of carbonyl (C=O) groups is 2. The van der Waals surface area contributed by atoms with Crippen molar-refractivity contribution in [3.05, 3.63) is 62.4 Å². The van der Waals surface area contributed by atoms with Gasteiger partial charge in [-0.15, -0.1) is 11.3 Å². The van der Waals surface area contributed by atoms with Crippen LogP contribution >= 0.6 is 11.3 Å². The third-order valence-corrected chi connectivity index (χ3v) is 13.7. The van der Waals surface area contributed by atoms with Gasteiger partial charge in [-0.3, -0.25) is 13.8 Å². The summed E-state index contributed by atoms with van der Waals surface area (Å²) < 4.78 is 47.4. The number of carbonyl (C=O) groups excluding carboxylic acids is 2. The fraction of sp³-hybridized carbons (Fsp3) is 0.600. The smallest absolute Gasteiger partial charge is 0.239 e. The lowest BCUT2D eigenvalue weighted by atomic mass is 9.64. The van der Waals surface area contributed by atoms with E-state index < -0.39 is 32.1 Å². The van der Waals surface area contributed by atoms with Gasteiger partial charge in [0.05, 0.1) is 106 Å². The highest BCUT2D eigenvalue weighted by Crippen LogP contribution is 2.66. The number of benzene rings is 1. The largest absolute Gasteiger partial charge is 0.377 e. The van der Waals surface area contributed by atoms with Gasteiger partial charge in [-0.05, 0) is 68.5 Å². The van der Waals surface area contributed by atoms with Gasteiger partial charge in [0, 0.05) is 20.6 Å². The van der Waals surface area contributed by atoms with Crippen molar-refractivity contribution in [1.82, 2.24) is 0 Å². The zero-order chi connectivity index (χ0) is 33.2. The number of hydrogen-bond acceptors (Lipinski definition) is 10. The van der Waals surface area contributed by atoms with Gasteiger partial charge >= 0.3 is 0 Å². The van der Waals surface area contributed by atoms with E-state index in [9.17, 15) is 13.8 Å². The van der Waals surface area contributed by atoms with Crippen LogP contribution in [0.4, 0.5) is 5.69 Å². The fourth-order valence-electron chi connectivity index (χ4n) is 7.71. The van der Waals surface area contributed by atoms with E-state index >= 15 is 0 Å². The third kappa shape index (κ3) is 6.20. The maximum absolute atomic E-state index is 14.7. The van der Waals surface area contributed by atoms with Crippen molar-refractivity contribution in [1.29, 1.82) is 0 Å². The molecular formula is C35H45NO9S2. The molecule has 4 aliphatic heterocycles. The maximum atomic E-state index is 14.7. The molecule has 1 aromatic heterocycles. The molecule has 2 amide bonds. The van der Waals surface area contributed by atoms with Crippen LogP contribution in [0, 0.1) is 25.7 Å². The zero-order valence-corrected chi connectivity index (χ0v) is 29.3. The maximum Gasteiger partial charge on any atom is 0.239 e. The van der Waals surface area contributed by atoms with Gasteiger partial charge in [-0.25, -0.2) is 4.90 Å². The van der Waals surface area contributed by atoms with Gasteiger partial charge in [0.15, 0.2) is 0 Å². The average molecular weight is 688 g/mol. The molecule has 12 heteroatoms. The van der Waals surface area contributed by atoms with Crippen LogP contribution in [0.1, 0.15) is 34.7 Å². The minimum atomic E-state index is -1.54. The lowest BCUT2D eigenvalue weighted by molar-refractivity contribution is -0.122. The first-order valence-electron chi connectivity index (χ1n) is 16.3. The molecule has 5 heterocycles. The number of nitrogens with zero attached hydrogens (tertiary/aromatic N) is 1. The van der Waals surface area contributed by atoms with Crippen LogP contribution in [0.25, 0.3) is 0 Å². The van der Waals surface area contributed by atoms with Gasteiger partial charge < -0.3 is 28.4 Å². The second-order valence-electron chi connectivity index (χ2n) is 12.6. The number of amides is 2. The second-order valence-corrected chi connectivity index (χ2v) is 16.3. The van der Waals surface area contributed by atoms with E-state index in [1.54, 1.807) is 23.5 Å². The molecule has 0 radical (unpaired) electrons. The van der Waals surface area contributed by atoms with Crippen LogP contribution in [0.2, 0.25) is 0 Å². The molecule has 2 aromatic rings. The Morgan fingerprint density at radius 3 is 1.64 bits per heavy atom. The molecule has 0 saturated carbocycles. The van der Waals surface area contributed by atoms with Crippen molar-refractivity contribution < 1.29 is 42.2 Å². The minimum Gasteiger partial charge on any atom is -0.377 e. The summed E-state index contributed by atoms with van der Waals surface area (Å²) in [4.78, 5) is 32.0. The SMILES string of the molecule is Cc1sc(C)c2c1COCCOCCOCCOCCOCCOCC1=C(C2)C2(C)C3C(=O)N(c4ccccc4)C(=O)C3[C@@]1(C)S2=O. The van der Waals surface area contributed by atoms with Gasteiger partial charge in [-0.1, -0.05) is 18.2 Å². The Morgan fingerprint density at radius 2 is 1.11 bits per heavy atom. The molecule has 4 aliphatic rings. The Kier molecular flexibility index (Phi) is 10.8. The van der Waals surface area contributed by atoms with Crippen LogP contribution in [-0.2, 0) is 61.8 Å². The predicted molar refractivity (Wildman–Crippen MR) is 179 cm³/mol. The molecule has 0 spiro atoms. The number of anilines is 1. The number of aryl methyl sites for hydroxylation is 2. The summed E-state index contributed by atoms with van der Waals surface area (Å²) in [5, 5.41) is 0. The summed E-state index contributed by atoms with van der Waals surface area (Å²) in [7, 11) is -1.54. The van der Waals surface area contributed by atoms with Crippen molar-refractivity contribution in [3.63, 3.8) is 0 Å². The molecule has 1 aromatic carbocycles. The van der Waals surface area contributed by atoms with Crippen molar-refractivity contribution in [2.75, 3.05) is 77.6 Å². The number of hydrogen-bond donors (Lipinski definition) is 0. The number of ether oxygens (including phenoxy) is 6. The van der Waals surface area contributed by atoms with E-state index in [2.05, 4.69) is 13.8 Å². The Morgan fingerprint density at radius 1 is 0.660 bits per heavy atom. The van der Waals surface area contributed by atoms with Crippen LogP contribution in [0.3, 0.4) is 0 Å². The van der Waals surface area contributed by atoms with Gasteiger partial charge in [0.25, 0.3) is 0 Å². The van der Waals surface area contributed by atoms with Crippen molar-refractivity contribution in [2.24, 2.45) is 11.8 Å². The van der Waals surface area contributed by atoms with Gasteiger partial charge in [0.2, 0.25) is 11.8 Å². The Labute approximate surface area is 283 Å². The lowest BCUT2D eigenvalue weighted by Gasteiger charge is -2.35. The quantitative estimate of drug-likeness (QED) is 0.326. The molecule has 0 N–H and O–H groups in total. The molecule has 0 aliphatic carbocycles. The highest BCUT2D eigenvalue weighted by atomic mass is 32.2. The molecule has 6 rings (SSSR count). The van der Waals surface area contributed by atoms with E-state index in [-0.39, 0.29) is 18.4 Å². The summed E-state index contributed by atoms with van der Waals surface area (Å²) in [5.41, 5.74) is 4.57. The third-order valence-electron chi connectivity index (χ3n) is 10.1. The summed E-state index contributed by atoms with van der Waals surface area (Å²) in [6.07, 6.45) is 0.503. The van der Waals surface area contributed by atoms with Crippen molar-refractivity contribution in [3.8, 4) is 0 Å². The molecule has 2 bridgehead atoms. The molecule has 256 valence electrons. The standard InChI is InChI=1S/C35H45NO9S2/c1-23-26-20-28-29(35(4)31-30(34(28,3)47(35)39)32(37)36(33(31)38)25-8-6-5-7-9-25)22-45-19-17-43-15-13-41-11-10-40-12-14-42-16-18-44-21-27(26)24(2)46-23/h5-9,30-31H,10-22H2,1-4H3/t30?,31?,34?,35-,47?/m0/s1. The molecule has 5 atom stereocenters. The number of para-hydroxylation sites is 1. The number of rotatable bonds is 1. The lowest BCUT2D eigenvalue weighted by Crippen LogP contribution is -2.44. The second kappa shape index (κ2) is 14.7. The van der Waals surface area contributed by atoms with E-state index in [4.69, 9.17) is 28.4 Å². The van der Waals surface area contributed by atoms with Crippen LogP contribution in [0.15, 0.2) is 41.5 Å². The fourth-order valence-corrected chi connectivity index (χ4v) is 11.4. The number of thiophene rings is 1. The summed E-state index contributed by atoms with van der Waals surface area (Å²) >= 11 is 1.72. The topological polar surface area (TPSA) is 110 Å². The first kappa shape index (κ1) is 34.6. The Hall–Kier alpha value is -2.29. The van der Waals surface area contributed by atoms with Gasteiger partial charge in [0.1, 0.15) is 0 Å².